The van der Waals surface area contributed by atoms with Gasteiger partial charge in [-0.3, -0.25) is 9.69 Å². The van der Waals surface area contributed by atoms with Crippen LogP contribution < -0.4 is 10.1 Å². The van der Waals surface area contributed by atoms with Crippen molar-refractivity contribution in [2.45, 2.75) is 13.0 Å². The fourth-order valence-corrected chi connectivity index (χ4v) is 3.38. The molecule has 0 spiro atoms. The third-order valence-electron chi connectivity index (χ3n) is 4.98. The minimum atomic E-state index is -0.0402. The first-order chi connectivity index (χ1) is 13.2. The molecule has 27 heavy (non-hydrogen) atoms. The topological polar surface area (TPSA) is 44.8 Å². The van der Waals surface area contributed by atoms with E-state index in [9.17, 15) is 4.79 Å². The number of hydrogen-bond acceptors (Lipinski definition) is 4. The molecule has 0 bridgehead atoms. The molecule has 1 heterocycles. The zero-order valence-corrected chi connectivity index (χ0v) is 16.1. The highest BCUT2D eigenvalue weighted by molar-refractivity contribution is 5.94. The molecule has 1 saturated heterocycles. The molecule has 0 unspecified atom stereocenters. The third kappa shape index (κ3) is 6.08. The van der Waals surface area contributed by atoms with Gasteiger partial charge in [0.05, 0.1) is 7.11 Å². The molecular formula is C22H29N3O2. The van der Waals surface area contributed by atoms with Crippen molar-refractivity contribution in [1.82, 2.24) is 15.1 Å². The van der Waals surface area contributed by atoms with E-state index < -0.39 is 0 Å². The zero-order chi connectivity index (χ0) is 18.9. The van der Waals surface area contributed by atoms with Crippen LogP contribution in [0.4, 0.5) is 0 Å². The van der Waals surface area contributed by atoms with Gasteiger partial charge in [0.1, 0.15) is 5.75 Å². The lowest BCUT2D eigenvalue weighted by Crippen LogP contribution is -2.46. The Hall–Kier alpha value is -2.37. The van der Waals surface area contributed by atoms with Crippen LogP contribution in [0.3, 0.4) is 0 Å². The summed E-state index contributed by atoms with van der Waals surface area (Å²) in [5.41, 5.74) is 2.02. The molecule has 1 N–H and O–H groups in total. The highest BCUT2D eigenvalue weighted by atomic mass is 16.5. The summed E-state index contributed by atoms with van der Waals surface area (Å²) in [6.45, 7) is 7.15. The molecule has 1 aliphatic heterocycles. The number of carbonyl (C=O) groups is 1. The largest absolute Gasteiger partial charge is 0.497 e. The van der Waals surface area contributed by atoms with Gasteiger partial charge in [0.25, 0.3) is 5.91 Å². The predicted octanol–water partition coefficient (Wildman–Crippen LogP) is 2.63. The number of ether oxygens (including phenoxy) is 1. The lowest BCUT2D eigenvalue weighted by molar-refractivity contribution is 0.0947. The predicted molar refractivity (Wildman–Crippen MR) is 108 cm³/mol. The second kappa shape index (κ2) is 10.1. The first-order valence-corrected chi connectivity index (χ1v) is 9.65. The summed E-state index contributed by atoms with van der Waals surface area (Å²) in [6, 6.07) is 17.9. The summed E-state index contributed by atoms with van der Waals surface area (Å²) < 4.78 is 5.17. The molecule has 144 valence electrons. The number of amides is 1. The number of nitrogens with one attached hydrogen (secondary N) is 1. The number of nitrogens with zero attached hydrogens (tertiary/aromatic N) is 2. The Morgan fingerprint density at radius 2 is 1.74 bits per heavy atom. The fourth-order valence-electron chi connectivity index (χ4n) is 3.38. The maximum absolute atomic E-state index is 12.2. The molecule has 5 nitrogen and oxygen atoms in total. The molecule has 1 amide bonds. The molecule has 3 rings (SSSR count). The average Bonchev–Trinajstić information content (AvgIpc) is 2.73. The maximum Gasteiger partial charge on any atom is 0.251 e. The zero-order valence-electron chi connectivity index (χ0n) is 16.1. The van der Waals surface area contributed by atoms with E-state index in [0.29, 0.717) is 17.9 Å². The lowest BCUT2D eigenvalue weighted by Gasteiger charge is -2.34. The summed E-state index contributed by atoms with van der Waals surface area (Å²) in [5.74, 6) is 0.664. The summed E-state index contributed by atoms with van der Waals surface area (Å²) in [6.07, 6.45) is 0.967. The van der Waals surface area contributed by atoms with Crippen LogP contribution in [-0.2, 0) is 6.54 Å². The van der Waals surface area contributed by atoms with Crippen LogP contribution in [-0.4, -0.2) is 62.1 Å². The Kier molecular flexibility index (Phi) is 7.25. The Morgan fingerprint density at radius 1 is 1.00 bits per heavy atom. The van der Waals surface area contributed by atoms with Crippen LogP contribution in [0.2, 0.25) is 0 Å². The quantitative estimate of drug-likeness (QED) is 0.729. The maximum atomic E-state index is 12.2. The minimum Gasteiger partial charge on any atom is -0.497 e. The van der Waals surface area contributed by atoms with E-state index in [-0.39, 0.29) is 5.91 Å². The van der Waals surface area contributed by atoms with Crippen molar-refractivity contribution in [2.75, 3.05) is 46.4 Å². The number of piperazine rings is 1. The van der Waals surface area contributed by atoms with Crippen molar-refractivity contribution in [3.63, 3.8) is 0 Å². The Balaban J connectivity index is 1.31. The third-order valence-corrected chi connectivity index (χ3v) is 4.98. The highest BCUT2D eigenvalue weighted by Gasteiger charge is 2.16. The van der Waals surface area contributed by atoms with Gasteiger partial charge in [-0.15, -0.1) is 0 Å². The Labute approximate surface area is 161 Å². The highest BCUT2D eigenvalue weighted by Crippen LogP contribution is 2.12. The van der Waals surface area contributed by atoms with E-state index in [0.717, 1.165) is 45.7 Å². The van der Waals surface area contributed by atoms with Crippen molar-refractivity contribution in [2.24, 2.45) is 0 Å². The van der Waals surface area contributed by atoms with Crippen LogP contribution >= 0.6 is 0 Å². The van der Waals surface area contributed by atoms with Gasteiger partial charge >= 0.3 is 0 Å². The molecular weight excluding hydrogens is 338 g/mol. The van der Waals surface area contributed by atoms with Crippen LogP contribution in [0, 0.1) is 0 Å². The van der Waals surface area contributed by atoms with Crippen molar-refractivity contribution in [3.8, 4) is 5.75 Å². The van der Waals surface area contributed by atoms with E-state index in [1.54, 1.807) is 13.2 Å². The van der Waals surface area contributed by atoms with E-state index in [2.05, 4.69) is 45.4 Å². The fraction of sp³-hybridized carbons (Fsp3) is 0.409. The number of rotatable bonds is 8. The van der Waals surface area contributed by atoms with Gasteiger partial charge in [-0.25, -0.2) is 0 Å². The summed E-state index contributed by atoms with van der Waals surface area (Å²) in [4.78, 5) is 17.2. The minimum absolute atomic E-state index is 0.0402. The Bertz CT molecular complexity index is 713. The Morgan fingerprint density at radius 3 is 2.48 bits per heavy atom. The number of carbonyl (C=O) groups excluding carboxylic acids is 1. The molecule has 1 fully saturated rings. The van der Waals surface area contributed by atoms with Gasteiger partial charge in [-0.1, -0.05) is 36.4 Å². The molecule has 0 aliphatic carbocycles. The molecule has 5 heteroatoms. The van der Waals surface area contributed by atoms with Crippen LogP contribution in [0.15, 0.2) is 54.6 Å². The normalized spacial score (nSPS) is 15.4. The van der Waals surface area contributed by atoms with Crippen molar-refractivity contribution in [1.29, 1.82) is 0 Å². The summed E-state index contributed by atoms with van der Waals surface area (Å²) >= 11 is 0. The van der Waals surface area contributed by atoms with E-state index >= 15 is 0 Å². The standard InChI is InChI=1S/C22H29N3O2/c1-27-21-10-5-9-20(17-21)22(26)23-11-6-12-24-13-15-25(16-14-24)18-19-7-3-2-4-8-19/h2-5,7-10,17H,6,11-16,18H2,1H3,(H,23,26). The van der Waals surface area contributed by atoms with Gasteiger partial charge in [0.2, 0.25) is 0 Å². The molecule has 0 radical (unpaired) electrons. The molecule has 1 aliphatic rings. The first kappa shape index (κ1) is 19.4. The van der Waals surface area contributed by atoms with E-state index in [1.165, 1.54) is 5.56 Å². The number of benzene rings is 2. The summed E-state index contributed by atoms with van der Waals surface area (Å²) in [7, 11) is 1.61. The number of methoxy groups -OCH3 is 1. The number of hydrogen-bond donors (Lipinski definition) is 1. The molecule has 0 atom stereocenters. The SMILES string of the molecule is COc1cccc(C(=O)NCCCN2CCN(Cc3ccccc3)CC2)c1. The van der Waals surface area contributed by atoms with Crippen molar-refractivity contribution in [3.05, 3.63) is 65.7 Å². The second-order valence-corrected chi connectivity index (χ2v) is 6.94. The van der Waals surface area contributed by atoms with Gasteiger partial charge in [-0.2, -0.15) is 0 Å². The lowest BCUT2D eigenvalue weighted by atomic mass is 10.2. The van der Waals surface area contributed by atoms with Crippen LogP contribution in [0.25, 0.3) is 0 Å². The van der Waals surface area contributed by atoms with Gasteiger partial charge in [0.15, 0.2) is 0 Å². The molecule has 2 aromatic carbocycles. The van der Waals surface area contributed by atoms with Crippen molar-refractivity contribution >= 4 is 5.91 Å². The van der Waals surface area contributed by atoms with Crippen LogP contribution in [0.5, 0.6) is 5.75 Å². The average molecular weight is 367 g/mol. The molecule has 0 saturated carbocycles. The van der Waals surface area contributed by atoms with Gasteiger partial charge < -0.3 is 15.0 Å². The second-order valence-electron chi connectivity index (χ2n) is 6.94. The van der Waals surface area contributed by atoms with E-state index in [1.807, 2.05) is 18.2 Å². The monoisotopic (exact) mass is 367 g/mol. The summed E-state index contributed by atoms with van der Waals surface area (Å²) in [5, 5.41) is 3.00. The first-order valence-electron chi connectivity index (χ1n) is 9.65. The van der Waals surface area contributed by atoms with Crippen molar-refractivity contribution < 1.29 is 9.53 Å². The van der Waals surface area contributed by atoms with Crippen LogP contribution in [0.1, 0.15) is 22.3 Å². The smallest absolute Gasteiger partial charge is 0.251 e. The van der Waals surface area contributed by atoms with Gasteiger partial charge in [0, 0.05) is 44.8 Å². The van der Waals surface area contributed by atoms with Gasteiger partial charge in [-0.05, 0) is 36.7 Å². The molecule has 0 aromatic heterocycles. The molecule has 2 aromatic rings. The van der Waals surface area contributed by atoms with E-state index in [4.69, 9.17) is 4.74 Å².